The Morgan fingerprint density at radius 1 is 1.35 bits per heavy atom. The molecule has 0 aliphatic rings. The number of furan rings is 1. The third-order valence-electron chi connectivity index (χ3n) is 3.36. The van der Waals surface area contributed by atoms with E-state index >= 15 is 0 Å². The lowest BCUT2D eigenvalue weighted by Gasteiger charge is -2.28. The van der Waals surface area contributed by atoms with E-state index < -0.39 is 18.0 Å². The standard InChI is InChI=1S/C17H21FN2O3/c1-11(2)20(10-12(3)21)17(22)19-15-9-13(6-7-14(15)18)16-5-4-8-23-16/h4-9,11-12,21H,10H2,1-3H3,(H,19,22). The minimum atomic E-state index is -0.664. The molecule has 124 valence electrons. The Hall–Kier alpha value is -2.34. The lowest BCUT2D eigenvalue weighted by atomic mass is 10.1. The van der Waals surface area contributed by atoms with Gasteiger partial charge in [-0.3, -0.25) is 0 Å². The van der Waals surface area contributed by atoms with Crippen LogP contribution in [0.4, 0.5) is 14.9 Å². The number of hydrogen-bond donors (Lipinski definition) is 2. The molecule has 2 amide bonds. The highest BCUT2D eigenvalue weighted by Crippen LogP contribution is 2.25. The van der Waals surface area contributed by atoms with Gasteiger partial charge in [-0.2, -0.15) is 0 Å². The van der Waals surface area contributed by atoms with Crippen LogP contribution in [0.15, 0.2) is 41.0 Å². The van der Waals surface area contributed by atoms with Gasteiger partial charge in [-0.1, -0.05) is 0 Å². The molecule has 5 nitrogen and oxygen atoms in total. The quantitative estimate of drug-likeness (QED) is 0.882. The van der Waals surface area contributed by atoms with Crippen molar-refractivity contribution in [3.05, 3.63) is 42.4 Å². The summed E-state index contributed by atoms with van der Waals surface area (Å²) < 4.78 is 19.3. The van der Waals surface area contributed by atoms with E-state index in [0.29, 0.717) is 11.3 Å². The second-order valence-corrected chi connectivity index (χ2v) is 5.70. The Kier molecular flexibility index (Phi) is 5.39. The molecule has 2 N–H and O–H groups in total. The number of benzene rings is 1. The highest BCUT2D eigenvalue weighted by molar-refractivity contribution is 5.90. The van der Waals surface area contributed by atoms with E-state index in [4.69, 9.17) is 4.42 Å². The molecule has 6 heteroatoms. The molecular formula is C17H21FN2O3. The first-order valence-corrected chi connectivity index (χ1v) is 7.47. The Morgan fingerprint density at radius 3 is 2.65 bits per heavy atom. The first-order chi connectivity index (χ1) is 10.9. The van der Waals surface area contributed by atoms with Crippen LogP contribution >= 0.6 is 0 Å². The van der Waals surface area contributed by atoms with Crippen LogP contribution in [-0.4, -0.2) is 34.7 Å². The number of nitrogens with zero attached hydrogens (tertiary/aromatic N) is 1. The number of nitrogens with one attached hydrogen (secondary N) is 1. The SMILES string of the molecule is CC(O)CN(C(=O)Nc1cc(-c2ccco2)ccc1F)C(C)C. The monoisotopic (exact) mass is 320 g/mol. The van der Waals surface area contributed by atoms with Gasteiger partial charge in [-0.15, -0.1) is 0 Å². The van der Waals surface area contributed by atoms with Gasteiger partial charge in [0.15, 0.2) is 0 Å². The molecule has 1 aromatic carbocycles. The third kappa shape index (κ3) is 4.32. The Morgan fingerprint density at radius 2 is 2.09 bits per heavy atom. The number of rotatable bonds is 5. The van der Waals surface area contributed by atoms with Crippen LogP contribution in [0, 0.1) is 5.82 Å². The Bertz CT molecular complexity index is 654. The van der Waals surface area contributed by atoms with Crippen molar-refractivity contribution >= 4 is 11.7 Å². The van der Waals surface area contributed by atoms with Crippen LogP contribution in [-0.2, 0) is 0 Å². The molecular weight excluding hydrogens is 299 g/mol. The number of halogens is 1. The van der Waals surface area contributed by atoms with E-state index in [1.807, 2.05) is 13.8 Å². The fourth-order valence-electron chi connectivity index (χ4n) is 2.22. The molecule has 0 spiro atoms. The van der Waals surface area contributed by atoms with Crippen molar-refractivity contribution in [3.63, 3.8) is 0 Å². The fraction of sp³-hybridized carbons (Fsp3) is 0.353. The van der Waals surface area contributed by atoms with Crippen LogP contribution in [0.2, 0.25) is 0 Å². The summed E-state index contributed by atoms with van der Waals surface area (Å²) in [6, 6.07) is 7.29. The predicted octanol–water partition coefficient (Wildman–Crippen LogP) is 3.71. The molecule has 0 aliphatic carbocycles. The van der Waals surface area contributed by atoms with Gasteiger partial charge in [0.2, 0.25) is 0 Å². The average Bonchev–Trinajstić information content (AvgIpc) is 3.00. The van der Waals surface area contributed by atoms with E-state index in [0.717, 1.165) is 0 Å². The molecule has 0 aliphatic heterocycles. The van der Waals surface area contributed by atoms with Gasteiger partial charge in [-0.05, 0) is 51.1 Å². The van der Waals surface area contributed by atoms with E-state index in [-0.39, 0.29) is 18.3 Å². The first kappa shape index (κ1) is 17.0. The summed E-state index contributed by atoms with van der Waals surface area (Å²) in [5.74, 6) is 0.0552. The normalized spacial score (nSPS) is 12.3. The summed E-state index contributed by atoms with van der Waals surface area (Å²) in [7, 11) is 0. The Balaban J connectivity index is 2.21. The number of urea groups is 1. The minimum absolute atomic E-state index is 0.0696. The fourth-order valence-corrected chi connectivity index (χ4v) is 2.22. The Labute approximate surface area is 134 Å². The molecule has 0 saturated heterocycles. The van der Waals surface area contributed by atoms with Gasteiger partial charge >= 0.3 is 6.03 Å². The number of aliphatic hydroxyl groups excluding tert-OH is 1. The number of aliphatic hydroxyl groups is 1. The lowest BCUT2D eigenvalue weighted by Crippen LogP contribution is -2.43. The third-order valence-corrected chi connectivity index (χ3v) is 3.36. The maximum Gasteiger partial charge on any atom is 0.322 e. The van der Waals surface area contributed by atoms with E-state index in [1.54, 1.807) is 25.1 Å². The summed E-state index contributed by atoms with van der Waals surface area (Å²) in [6.07, 6.45) is 0.863. The molecule has 23 heavy (non-hydrogen) atoms. The van der Waals surface area contributed by atoms with Crippen molar-refractivity contribution < 1.29 is 18.7 Å². The topological polar surface area (TPSA) is 65.7 Å². The largest absolute Gasteiger partial charge is 0.464 e. The van der Waals surface area contributed by atoms with Crippen molar-refractivity contribution in [1.29, 1.82) is 0 Å². The van der Waals surface area contributed by atoms with Crippen LogP contribution in [0.5, 0.6) is 0 Å². The summed E-state index contributed by atoms with van der Waals surface area (Å²) >= 11 is 0. The molecule has 2 rings (SSSR count). The number of anilines is 1. The maximum atomic E-state index is 14.0. The second kappa shape index (κ2) is 7.28. The van der Waals surface area contributed by atoms with Crippen molar-refractivity contribution in [2.75, 3.05) is 11.9 Å². The van der Waals surface area contributed by atoms with Crippen molar-refractivity contribution in [3.8, 4) is 11.3 Å². The molecule has 1 unspecified atom stereocenters. The smallest absolute Gasteiger partial charge is 0.322 e. The van der Waals surface area contributed by atoms with Crippen LogP contribution < -0.4 is 5.32 Å². The van der Waals surface area contributed by atoms with Gasteiger partial charge in [-0.25, -0.2) is 9.18 Å². The second-order valence-electron chi connectivity index (χ2n) is 5.70. The van der Waals surface area contributed by atoms with E-state index in [9.17, 15) is 14.3 Å². The van der Waals surface area contributed by atoms with Crippen molar-refractivity contribution in [1.82, 2.24) is 4.90 Å². The number of hydrogen-bond acceptors (Lipinski definition) is 3. The van der Waals surface area contributed by atoms with E-state index in [1.165, 1.54) is 23.3 Å². The zero-order chi connectivity index (χ0) is 17.0. The minimum Gasteiger partial charge on any atom is -0.464 e. The summed E-state index contributed by atoms with van der Waals surface area (Å²) in [5, 5.41) is 12.1. The van der Waals surface area contributed by atoms with Gasteiger partial charge in [0.05, 0.1) is 18.1 Å². The van der Waals surface area contributed by atoms with Gasteiger partial charge < -0.3 is 19.7 Å². The predicted molar refractivity (Wildman–Crippen MR) is 86.6 cm³/mol. The lowest BCUT2D eigenvalue weighted by molar-refractivity contribution is 0.125. The first-order valence-electron chi connectivity index (χ1n) is 7.47. The zero-order valence-corrected chi connectivity index (χ0v) is 13.4. The number of carbonyl (C=O) groups is 1. The van der Waals surface area contributed by atoms with Crippen LogP contribution in [0.3, 0.4) is 0 Å². The summed E-state index contributed by atoms with van der Waals surface area (Å²) in [6.45, 7) is 5.43. The van der Waals surface area contributed by atoms with Gasteiger partial charge in [0, 0.05) is 18.2 Å². The highest BCUT2D eigenvalue weighted by Gasteiger charge is 2.20. The van der Waals surface area contributed by atoms with Crippen LogP contribution in [0.25, 0.3) is 11.3 Å². The van der Waals surface area contributed by atoms with E-state index in [2.05, 4.69) is 5.32 Å². The maximum absolute atomic E-state index is 14.0. The summed E-state index contributed by atoms with van der Waals surface area (Å²) in [5.41, 5.74) is 0.735. The molecule has 0 radical (unpaired) electrons. The molecule has 1 heterocycles. The molecule has 2 aromatic rings. The molecule has 0 bridgehead atoms. The zero-order valence-electron chi connectivity index (χ0n) is 13.4. The average molecular weight is 320 g/mol. The summed E-state index contributed by atoms with van der Waals surface area (Å²) in [4.78, 5) is 13.8. The number of carbonyl (C=O) groups excluding carboxylic acids is 1. The van der Waals surface area contributed by atoms with Crippen LogP contribution in [0.1, 0.15) is 20.8 Å². The van der Waals surface area contributed by atoms with Crippen molar-refractivity contribution in [2.24, 2.45) is 0 Å². The highest BCUT2D eigenvalue weighted by atomic mass is 19.1. The van der Waals surface area contributed by atoms with Crippen molar-refractivity contribution in [2.45, 2.75) is 32.9 Å². The molecule has 0 saturated carbocycles. The molecule has 1 atom stereocenters. The molecule has 1 aromatic heterocycles. The number of amides is 2. The van der Waals surface area contributed by atoms with Gasteiger partial charge in [0.25, 0.3) is 0 Å². The van der Waals surface area contributed by atoms with Gasteiger partial charge in [0.1, 0.15) is 11.6 Å². The molecule has 0 fully saturated rings.